The Balaban J connectivity index is 1.68. The van der Waals surface area contributed by atoms with E-state index in [0.717, 1.165) is 0 Å². The Labute approximate surface area is 210 Å². The Hall–Kier alpha value is -3.97. The van der Waals surface area contributed by atoms with Crippen LogP contribution in [0.4, 0.5) is 4.39 Å². The lowest BCUT2D eigenvalue weighted by molar-refractivity contribution is -0.166. The number of halogens is 1. The van der Waals surface area contributed by atoms with E-state index in [1.165, 1.54) is 50.1 Å². The molecule has 0 radical (unpaired) electrons. The number of hydrogen-bond donors (Lipinski definition) is 1. The van der Waals surface area contributed by atoms with Gasteiger partial charge in [-0.2, -0.15) is 0 Å². The highest BCUT2D eigenvalue weighted by Crippen LogP contribution is 2.36. The average molecular weight is 516 g/mol. The van der Waals surface area contributed by atoms with E-state index in [2.05, 4.69) is 15.0 Å². The van der Waals surface area contributed by atoms with Gasteiger partial charge in [-0.05, 0) is 17.7 Å². The second kappa shape index (κ2) is 11.0. The summed E-state index contributed by atoms with van der Waals surface area (Å²) in [5, 5.41) is 10.9. The van der Waals surface area contributed by atoms with Crippen LogP contribution in [-0.2, 0) is 39.8 Å². The molecule has 3 heterocycles. The first-order valence-electron chi connectivity index (χ1n) is 11.4. The van der Waals surface area contributed by atoms with Crippen molar-refractivity contribution in [1.82, 2.24) is 19.5 Å². The molecule has 1 N–H and O–H groups in total. The maximum Gasteiger partial charge on any atom is 0.303 e. The van der Waals surface area contributed by atoms with Gasteiger partial charge in [-0.15, -0.1) is 0 Å². The first-order valence-corrected chi connectivity index (χ1v) is 11.4. The highest BCUT2D eigenvalue weighted by atomic mass is 19.1. The third-order valence-electron chi connectivity index (χ3n) is 5.66. The largest absolute Gasteiger partial charge is 0.463 e. The molecule has 4 rings (SSSR count). The Kier molecular flexibility index (Phi) is 7.74. The van der Waals surface area contributed by atoms with Crippen LogP contribution in [0.3, 0.4) is 0 Å². The van der Waals surface area contributed by atoms with Crippen molar-refractivity contribution in [2.75, 3.05) is 6.61 Å². The van der Waals surface area contributed by atoms with Crippen LogP contribution in [0.1, 0.15) is 44.4 Å². The fourth-order valence-corrected chi connectivity index (χ4v) is 4.16. The van der Waals surface area contributed by atoms with Crippen LogP contribution in [-0.4, -0.2) is 67.5 Å². The number of imidazole rings is 1. The lowest BCUT2D eigenvalue weighted by Gasteiger charge is -2.23. The second-order valence-corrected chi connectivity index (χ2v) is 8.45. The summed E-state index contributed by atoms with van der Waals surface area (Å²) in [4.78, 5) is 47.9. The molecular weight excluding hydrogens is 491 g/mol. The molecule has 1 aliphatic heterocycles. The Morgan fingerprint density at radius 2 is 1.70 bits per heavy atom. The number of benzene rings is 1. The molecule has 1 fully saturated rings. The Morgan fingerprint density at radius 3 is 2.35 bits per heavy atom. The van der Waals surface area contributed by atoms with Crippen LogP contribution >= 0.6 is 0 Å². The first kappa shape index (κ1) is 26.1. The number of carbonyl (C=O) groups excluding carboxylic acids is 3. The minimum atomic E-state index is -1.12. The standard InChI is InChI=1S/C24H25FN4O8/c1-12(30)34-9-18-21(35-13(2)31)22(36-14(3)32)24(37-18)29-11-28-20-19(26-10-27-23(20)29)17(33)8-15-4-6-16(25)7-5-15/h4-7,10-11,17-18,21-22,24,33H,8-9H2,1-3H3/t17?,18-,21-,22-,24-/m1/s1. The highest BCUT2D eigenvalue weighted by Gasteiger charge is 2.51. The lowest BCUT2D eigenvalue weighted by atomic mass is 10.0. The number of hydrogen-bond acceptors (Lipinski definition) is 11. The molecule has 1 saturated heterocycles. The van der Waals surface area contributed by atoms with E-state index in [1.807, 2.05) is 0 Å². The molecule has 37 heavy (non-hydrogen) atoms. The van der Waals surface area contributed by atoms with Gasteiger partial charge in [0.1, 0.15) is 42.2 Å². The summed E-state index contributed by atoms with van der Waals surface area (Å²) in [6.07, 6.45) is -2.56. The smallest absolute Gasteiger partial charge is 0.303 e. The molecule has 1 aromatic carbocycles. The number of rotatable bonds is 8. The van der Waals surface area contributed by atoms with E-state index in [-0.39, 0.29) is 35.7 Å². The molecule has 0 aliphatic carbocycles. The van der Waals surface area contributed by atoms with Crippen LogP contribution < -0.4 is 0 Å². The van der Waals surface area contributed by atoms with E-state index < -0.39 is 48.6 Å². The van der Waals surface area contributed by atoms with Crippen LogP contribution in [0, 0.1) is 5.82 Å². The van der Waals surface area contributed by atoms with Gasteiger partial charge in [0, 0.05) is 27.2 Å². The molecule has 196 valence electrons. The number of nitrogens with zero attached hydrogens (tertiary/aromatic N) is 4. The molecule has 3 aromatic rings. The molecule has 0 saturated carbocycles. The maximum atomic E-state index is 13.2. The quantitative estimate of drug-likeness (QED) is 0.343. The molecule has 0 bridgehead atoms. The normalized spacial score (nSPS) is 22.0. The number of fused-ring (bicyclic) bond motifs is 1. The highest BCUT2D eigenvalue weighted by molar-refractivity contribution is 5.74. The van der Waals surface area contributed by atoms with E-state index in [4.69, 9.17) is 18.9 Å². The Morgan fingerprint density at radius 1 is 1.03 bits per heavy atom. The average Bonchev–Trinajstić information content (AvgIpc) is 3.40. The van der Waals surface area contributed by atoms with Gasteiger partial charge < -0.3 is 24.1 Å². The molecule has 12 nitrogen and oxygen atoms in total. The second-order valence-electron chi connectivity index (χ2n) is 8.45. The molecule has 1 unspecified atom stereocenters. The van der Waals surface area contributed by atoms with Gasteiger partial charge in [0.25, 0.3) is 0 Å². The number of ether oxygens (including phenoxy) is 4. The van der Waals surface area contributed by atoms with Crippen LogP contribution in [0.15, 0.2) is 36.9 Å². The number of aliphatic hydroxyl groups is 1. The predicted octanol–water partition coefficient (Wildman–Crippen LogP) is 1.57. The van der Waals surface area contributed by atoms with Crippen molar-refractivity contribution in [1.29, 1.82) is 0 Å². The van der Waals surface area contributed by atoms with Gasteiger partial charge in [-0.3, -0.25) is 19.0 Å². The first-order chi connectivity index (χ1) is 17.6. The molecule has 5 atom stereocenters. The number of esters is 3. The summed E-state index contributed by atoms with van der Waals surface area (Å²) in [6.45, 7) is 3.34. The fraction of sp³-hybridized carbons (Fsp3) is 0.417. The SMILES string of the molecule is CC(=O)OC[C@H]1O[C@@H](n2cnc3c(C(O)Cc4ccc(F)cc4)ncnc32)[C@H](OC(C)=O)[C@@H]1OC(C)=O. The third-order valence-corrected chi connectivity index (χ3v) is 5.66. The molecule has 2 aromatic heterocycles. The lowest BCUT2D eigenvalue weighted by Crippen LogP contribution is -2.40. The zero-order valence-electron chi connectivity index (χ0n) is 20.2. The van der Waals surface area contributed by atoms with Crippen molar-refractivity contribution in [2.45, 2.75) is 57.8 Å². The zero-order valence-corrected chi connectivity index (χ0v) is 20.2. The summed E-state index contributed by atoms with van der Waals surface area (Å²) < 4.78 is 36.6. The number of carbonyl (C=O) groups is 3. The van der Waals surface area contributed by atoms with Gasteiger partial charge in [-0.25, -0.2) is 19.3 Å². The van der Waals surface area contributed by atoms with Crippen LogP contribution in [0.5, 0.6) is 0 Å². The number of aromatic nitrogens is 4. The van der Waals surface area contributed by atoms with E-state index in [0.29, 0.717) is 5.56 Å². The summed E-state index contributed by atoms with van der Waals surface area (Å²) in [5.74, 6) is -2.26. The number of aliphatic hydroxyl groups excluding tert-OH is 1. The molecule has 0 spiro atoms. The van der Waals surface area contributed by atoms with Crippen molar-refractivity contribution in [3.05, 3.63) is 54.0 Å². The van der Waals surface area contributed by atoms with Crippen molar-refractivity contribution in [2.24, 2.45) is 0 Å². The predicted molar refractivity (Wildman–Crippen MR) is 122 cm³/mol. The van der Waals surface area contributed by atoms with Crippen molar-refractivity contribution in [3.8, 4) is 0 Å². The summed E-state index contributed by atoms with van der Waals surface area (Å²) in [6, 6.07) is 5.71. The van der Waals surface area contributed by atoms with Crippen LogP contribution in [0.25, 0.3) is 11.2 Å². The molecule has 1 aliphatic rings. The zero-order chi connectivity index (χ0) is 26.7. The summed E-state index contributed by atoms with van der Waals surface area (Å²) in [5.41, 5.74) is 1.42. The van der Waals surface area contributed by atoms with Gasteiger partial charge in [0.05, 0.1) is 6.33 Å². The third kappa shape index (κ3) is 5.89. The van der Waals surface area contributed by atoms with Gasteiger partial charge in [0.2, 0.25) is 0 Å². The Bertz CT molecular complexity index is 1300. The maximum absolute atomic E-state index is 13.2. The minimum Gasteiger partial charge on any atom is -0.463 e. The van der Waals surface area contributed by atoms with Crippen LogP contribution in [0.2, 0.25) is 0 Å². The van der Waals surface area contributed by atoms with E-state index in [9.17, 15) is 23.9 Å². The van der Waals surface area contributed by atoms with Crippen molar-refractivity contribution >= 4 is 29.1 Å². The van der Waals surface area contributed by atoms with E-state index in [1.54, 1.807) is 12.1 Å². The minimum absolute atomic E-state index is 0.147. The van der Waals surface area contributed by atoms with Crippen molar-refractivity contribution in [3.63, 3.8) is 0 Å². The van der Waals surface area contributed by atoms with E-state index >= 15 is 0 Å². The van der Waals surface area contributed by atoms with Crippen molar-refractivity contribution < 1.29 is 42.8 Å². The fourth-order valence-electron chi connectivity index (χ4n) is 4.16. The molecular formula is C24H25FN4O8. The monoisotopic (exact) mass is 516 g/mol. The van der Waals surface area contributed by atoms with Gasteiger partial charge in [-0.1, -0.05) is 12.1 Å². The van der Waals surface area contributed by atoms with Gasteiger partial charge in [0.15, 0.2) is 24.1 Å². The molecule has 13 heteroatoms. The summed E-state index contributed by atoms with van der Waals surface area (Å²) in [7, 11) is 0. The van der Waals surface area contributed by atoms with Gasteiger partial charge >= 0.3 is 17.9 Å². The molecule has 0 amide bonds. The summed E-state index contributed by atoms with van der Waals surface area (Å²) >= 11 is 0. The topological polar surface area (TPSA) is 152 Å².